The zero-order valence-electron chi connectivity index (χ0n) is 23.3. The van der Waals surface area contributed by atoms with Gasteiger partial charge in [-0.25, -0.2) is 4.79 Å². The lowest BCUT2D eigenvalue weighted by Gasteiger charge is -2.29. The number of hydrogen-bond donors (Lipinski definition) is 4. The molecule has 2 aromatic rings. The highest BCUT2D eigenvalue weighted by Gasteiger charge is 2.48. The number of amides is 4. The summed E-state index contributed by atoms with van der Waals surface area (Å²) >= 11 is 0. The van der Waals surface area contributed by atoms with E-state index in [1.807, 2.05) is 25.3 Å². The molecule has 4 N–H and O–H groups in total. The average molecular weight is 552 g/mol. The number of aromatic amines is 1. The van der Waals surface area contributed by atoms with Crippen LogP contribution in [-0.4, -0.2) is 53.5 Å². The molecule has 0 bridgehead atoms. The lowest BCUT2D eigenvalue weighted by molar-refractivity contribution is -0.122. The fraction of sp³-hybridized carbons (Fsp3) is 0.344. The van der Waals surface area contributed by atoms with Crippen LogP contribution in [0.5, 0.6) is 5.75 Å². The highest BCUT2D eigenvalue weighted by molar-refractivity contribution is 6.10. The minimum atomic E-state index is -1.55. The molecule has 0 radical (unpaired) electrons. The summed E-state index contributed by atoms with van der Waals surface area (Å²) in [5.74, 6) is 6.69. The van der Waals surface area contributed by atoms with Crippen LogP contribution in [0.1, 0.15) is 47.8 Å². The van der Waals surface area contributed by atoms with Gasteiger partial charge in [-0.2, -0.15) is 0 Å². The molecule has 9 heteroatoms. The van der Waals surface area contributed by atoms with Crippen molar-refractivity contribution in [3.8, 4) is 17.6 Å². The second kappa shape index (κ2) is 10.0. The summed E-state index contributed by atoms with van der Waals surface area (Å²) in [6.07, 6.45) is 11.2. The van der Waals surface area contributed by atoms with Crippen molar-refractivity contribution in [3.63, 3.8) is 0 Å². The van der Waals surface area contributed by atoms with Gasteiger partial charge < -0.3 is 25.3 Å². The normalized spacial score (nSPS) is 27.2. The van der Waals surface area contributed by atoms with E-state index in [1.165, 1.54) is 5.70 Å². The maximum atomic E-state index is 13.2. The molecule has 4 aliphatic rings. The van der Waals surface area contributed by atoms with Crippen LogP contribution in [-0.2, 0) is 11.3 Å². The maximum Gasteiger partial charge on any atom is 0.323 e. The summed E-state index contributed by atoms with van der Waals surface area (Å²) in [6.45, 7) is 5.37. The highest BCUT2D eigenvalue weighted by Crippen LogP contribution is 2.39. The molecule has 210 valence electrons. The molecule has 0 saturated carbocycles. The Bertz CT molecular complexity index is 1580. The third-order valence-corrected chi connectivity index (χ3v) is 8.20. The summed E-state index contributed by atoms with van der Waals surface area (Å²) in [5, 5.41) is 8.57. The number of carbonyl (C=O) groups excluding carboxylic acids is 3. The Morgan fingerprint density at radius 2 is 2.05 bits per heavy atom. The van der Waals surface area contributed by atoms with E-state index in [1.54, 1.807) is 24.1 Å². The number of fused-ring (bicyclic) bond motifs is 1. The molecular weight excluding hydrogens is 518 g/mol. The van der Waals surface area contributed by atoms with Gasteiger partial charge in [0.05, 0.1) is 25.0 Å². The predicted octanol–water partition coefficient (Wildman–Crippen LogP) is 3.36. The zero-order valence-corrected chi connectivity index (χ0v) is 23.3. The standard InChI is InChI=1S/C32H33N5O4/c1-20-15-26(34-17-20)27(25-5-4-14-33-25)21-8-10-31(2,11-9-21)12-13-32(29(39)35-30(40)36-32)19-37-18-22-6-7-23(41-3)16-24(22)28(37)38/h4-10,14-16,20,27,33-34H,11,17-19H2,1-3H3,(H2,35,36,39,40)/t20?,27?,31?,32-/m1/s1. The Kier molecular flexibility index (Phi) is 6.49. The van der Waals surface area contributed by atoms with Crippen molar-refractivity contribution in [2.45, 2.75) is 38.3 Å². The van der Waals surface area contributed by atoms with Crippen molar-refractivity contribution in [3.05, 3.63) is 88.9 Å². The molecule has 3 aliphatic heterocycles. The number of rotatable bonds is 6. The molecule has 9 nitrogen and oxygen atoms in total. The summed E-state index contributed by atoms with van der Waals surface area (Å²) in [4.78, 5) is 43.5. The third-order valence-electron chi connectivity index (χ3n) is 8.20. The number of methoxy groups -OCH3 is 1. The summed E-state index contributed by atoms with van der Waals surface area (Å²) in [7, 11) is 1.55. The van der Waals surface area contributed by atoms with Crippen LogP contribution in [0, 0.1) is 23.2 Å². The molecule has 1 fully saturated rings. The van der Waals surface area contributed by atoms with Gasteiger partial charge in [0.2, 0.25) is 0 Å². The van der Waals surface area contributed by atoms with E-state index in [0.29, 0.717) is 30.2 Å². The van der Waals surface area contributed by atoms with Gasteiger partial charge >= 0.3 is 6.03 Å². The molecule has 0 spiro atoms. The van der Waals surface area contributed by atoms with E-state index >= 15 is 0 Å². The molecule has 1 aliphatic carbocycles. The number of ether oxygens (including phenoxy) is 1. The Morgan fingerprint density at radius 1 is 1.20 bits per heavy atom. The van der Waals surface area contributed by atoms with Gasteiger partial charge in [0.25, 0.3) is 11.8 Å². The van der Waals surface area contributed by atoms with Gasteiger partial charge in [-0.1, -0.05) is 49.1 Å². The molecule has 6 rings (SSSR count). The van der Waals surface area contributed by atoms with Gasteiger partial charge in [-0.05, 0) is 54.7 Å². The van der Waals surface area contributed by atoms with Gasteiger partial charge in [0.15, 0.2) is 5.54 Å². The Balaban J connectivity index is 1.25. The number of allylic oxidation sites excluding steroid dienone is 4. The molecule has 1 saturated heterocycles. The summed E-state index contributed by atoms with van der Waals surface area (Å²) in [5.41, 5.74) is 2.69. The molecule has 4 amide bonds. The zero-order chi connectivity index (χ0) is 28.8. The van der Waals surface area contributed by atoms with Crippen molar-refractivity contribution >= 4 is 17.8 Å². The summed E-state index contributed by atoms with van der Waals surface area (Å²) in [6, 6.07) is 8.81. The maximum absolute atomic E-state index is 13.2. The van der Waals surface area contributed by atoms with Crippen LogP contribution in [0.25, 0.3) is 0 Å². The molecule has 4 atom stereocenters. The van der Waals surface area contributed by atoms with Crippen LogP contribution < -0.4 is 20.7 Å². The first-order valence-electron chi connectivity index (χ1n) is 13.8. The average Bonchev–Trinajstić information content (AvgIpc) is 3.74. The van der Waals surface area contributed by atoms with Crippen molar-refractivity contribution in [2.24, 2.45) is 11.3 Å². The van der Waals surface area contributed by atoms with Crippen LogP contribution in [0.3, 0.4) is 0 Å². The van der Waals surface area contributed by atoms with E-state index in [0.717, 1.165) is 23.4 Å². The fourth-order valence-corrected chi connectivity index (χ4v) is 5.87. The SMILES string of the molecule is COc1ccc2c(c1)C(=O)N(C[C@@]1(C#CC3(C)C=CC(C(C4=CC(C)CN4)c4ccc[nH]4)=CC3)NC(=O)NC1=O)C2. The second-order valence-electron chi connectivity index (χ2n) is 11.4. The lowest BCUT2D eigenvalue weighted by Crippen LogP contribution is -2.54. The van der Waals surface area contributed by atoms with Crippen LogP contribution in [0.2, 0.25) is 0 Å². The minimum Gasteiger partial charge on any atom is -0.497 e. The predicted molar refractivity (Wildman–Crippen MR) is 154 cm³/mol. The van der Waals surface area contributed by atoms with Crippen molar-refractivity contribution in [1.29, 1.82) is 0 Å². The van der Waals surface area contributed by atoms with Crippen molar-refractivity contribution in [1.82, 2.24) is 25.8 Å². The lowest BCUT2D eigenvalue weighted by atomic mass is 9.78. The van der Waals surface area contributed by atoms with Gasteiger partial charge in [-0.15, -0.1) is 0 Å². The van der Waals surface area contributed by atoms with Crippen LogP contribution in [0.4, 0.5) is 4.79 Å². The number of carbonyl (C=O) groups is 3. The first-order chi connectivity index (χ1) is 19.7. The summed E-state index contributed by atoms with van der Waals surface area (Å²) < 4.78 is 5.27. The second-order valence-corrected chi connectivity index (χ2v) is 11.4. The van der Waals surface area contributed by atoms with Gasteiger partial charge in [-0.3, -0.25) is 14.9 Å². The quantitative estimate of drug-likeness (QED) is 0.325. The number of nitrogens with zero attached hydrogens (tertiary/aromatic N) is 1. The van der Waals surface area contributed by atoms with E-state index in [9.17, 15) is 14.4 Å². The van der Waals surface area contributed by atoms with Crippen LogP contribution >= 0.6 is 0 Å². The van der Waals surface area contributed by atoms with E-state index in [2.05, 4.69) is 70.1 Å². The monoisotopic (exact) mass is 551 g/mol. The number of benzene rings is 1. The van der Waals surface area contributed by atoms with E-state index in [4.69, 9.17) is 4.74 Å². The highest BCUT2D eigenvalue weighted by atomic mass is 16.5. The van der Waals surface area contributed by atoms with Gasteiger partial charge in [0, 0.05) is 36.2 Å². The Hall–Kier alpha value is -4.71. The number of aromatic nitrogens is 1. The number of imide groups is 1. The van der Waals surface area contributed by atoms with Crippen molar-refractivity contribution < 1.29 is 19.1 Å². The molecule has 4 heterocycles. The van der Waals surface area contributed by atoms with E-state index in [-0.39, 0.29) is 18.4 Å². The number of nitrogens with one attached hydrogen (secondary N) is 4. The van der Waals surface area contributed by atoms with Crippen molar-refractivity contribution in [2.75, 3.05) is 20.2 Å². The smallest absolute Gasteiger partial charge is 0.323 e. The molecule has 1 aromatic carbocycles. The minimum absolute atomic E-state index is 0.0661. The Labute approximate surface area is 239 Å². The first-order valence-corrected chi connectivity index (χ1v) is 13.8. The van der Waals surface area contributed by atoms with Crippen LogP contribution in [0.15, 0.2) is 72.1 Å². The largest absolute Gasteiger partial charge is 0.497 e. The van der Waals surface area contributed by atoms with E-state index < -0.39 is 22.9 Å². The molecular formula is C32H33N5O4. The molecule has 3 unspecified atom stereocenters. The number of H-pyrrole nitrogens is 1. The molecule has 1 aromatic heterocycles. The third kappa shape index (κ3) is 4.91. The number of hydrogen-bond acceptors (Lipinski definition) is 5. The first kappa shape index (κ1) is 26.5. The topological polar surface area (TPSA) is 116 Å². The Morgan fingerprint density at radius 3 is 2.68 bits per heavy atom. The number of urea groups is 1. The fourth-order valence-electron chi connectivity index (χ4n) is 5.87. The molecule has 41 heavy (non-hydrogen) atoms. The van der Waals surface area contributed by atoms with Gasteiger partial charge in [0.1, 0.15) is 5.75 Å².